The number of hydrogen-bond acceptors (Lipinski definition) is 6. The summed E-state index contributed by atoms with van der Waals surface area (Å²) in [7, 11) is 1.76. The summed E-state index contributed by atoms with van der Waals surface area (Å²) in [4.78, 5) is 12.5. The Morgan fingerprint density at radius 2 is 2.03 bits per heavy atom. The number of carbonyl (C=O) groups is 1. The Morgan fingerprint density at radius 1 is 1.33 bits per heavy atom. The molecule has 208 valence electrons. The van der Waals surface area contributed by atoms with Crippen LogP contribution in [0.5, 0.6) is 0 Å². The van der Waals surface area contributed by atoms with E-state index in [1.807, 2.05) is 51.2 Å². The Balaban J connectivity index is 2.78. The Hall–Kier alpha value is -1.47. The zero-order valence-corrected chi connectivity index (χ0v) is 23.7. The zero-order chi connectivity index (χ0) is 27.3. The van der Waals surface area contributed by atoms with Gasteiger partial charge in [0.05, 0.1) is 30.3 Å². The monoisotopic (exact) mass is 508 g/mol. The van der Waals surface area contributed by atoms with Gasteiger partial charge in [-0.2, -0.15) is 0 Å². The molecule has 6 heteroatoms. The van der Waals surface area contributed by atoms with Gasteiger partial charge >= 0.3 is 5.97 Å². The maximum atomic E-state index is 12.5. The molecule has 0 fully saturated rings. The fraction of sp³-hybridized carbons (Fsp3) is 0.767. The second kappa shape index (κ2) is 16.4. The molecule has 1 aliphatic heterocycles. The molecule has 0 radical (unpaired) electrons. The molecule has 1 heterocycles. The second-order valence-electron chi connectivity index (χ2n) is 11.1. The Kier molecular flexibility index (Phi) is 14.8. The molecule has 1 aliphatic rings. The van der Waals surface area contributed by atoms with Crippen LogP contribution in [0.4, 0.5) is 0 Å². The molecule has 1 rings (SSSR count). The van der Waals surface area contributed by atoms with Gasteiger partial charge in [-0.25, -0.2) is 0 Å². The van der Waals surface area contributed by atoms with Crippen LogP contribution in [0.25, 0.3) is 0 Å². The first-order chi connectivity index (χ1) is 16.9. The molecule has 8 unspecified atom stereocenters. The number of carbonyl (C=O) groups excluding carboxylic acids is 1. The summed E-state index contributed by atoms with van der Waals surface area (Å²) in [6, 6.07) is 0. The molecule has 0 aromatic rings. The van der Waals surface area contributed by atoms with Crippen molar-refractivity contribution in [3.05, 3.63) is 36.0 Å². The normalized spacial score (nSPS) is 30.2. The molecule has 0 saturated carbocycles. The summed E-state index contributed by atoms with van der Waals surface area (Å²) in [5.41, 5.74) is -0.0318. The Labute approximate surface area is 219 Å². The lowest BCUT2D eigenvalue weighted by atomic mass is 9.91. The number of cyclic esters (lactones) is 1. The van der Waals surface area contributed by atoms with Crippen molar-refractivity contribution in [1.82, 2.24) is 0 Å². The number of esters is 1. The minimum atomic E-state index is -0.917. The first-order valence-corrected chi connectivity index (χ1v) is 13.7. The van der Waals surface area contributed by atoms with E-state index in [1.54, 1.807) is 14.0 Å². The number of rotatable bonds is 11. The van der Waals surface area contributed by atoms with Gasteiger partial charge in [-0.1, -0.05) is 64.5 Å². The number of allylic oxidation sites excluding steroid dienone is 2. The molecule has 0 aromatic heterocycles. The van der Waals surface area contributed by atoms with Crippen molar-refractivity contribution in [1.29, 1.82) is 0 Å². The molecule has 8 atom stereocenters. The predicted molar refractivity (Wildman–Crippen MR) is 145 cm³/mol. The number of hydrogen-bond donors (Lipinski definition) is 3. The second-order valence-corrected chi connectivity index (χ2v) is 11.1. The summed E-state index contributed by atoms with van der Waals surface area (Å²) in [5.74, 6) is -0.0561. The van der Waals surface area contributed by atoms with Crippen LogP contribution in [0.15, 0.2) is 36.0 Å². The van der Waals surface area contributed by atoms with Gasteiger partial charge in [0, 0.05) is 18.9 Å². The van der Waals surface area contributed by atoms with E-state index < -0.39 is 29.9 Å². The molecule has 0 saturated heterocycles. The van der Waals surface area contributed by atoms with E-state index in [0.29, 0.717) is 25.2 Å². The van der Waals surface area contributed by atoms with Crippen LogP contribution in [0.3, 0.4) is 0 Å². The number of methoxy groups -OCH3 is 1. The molecule has 0 spiro atoms. The lowest BCUT2D eigenvalue weighted by molar-refractivity contribution is -0.151. The van der Waals surface area contributed by atoms with E-state index in [1.165, 1.54) is 0 Å². The van der Waals surface area contributed by atoms with E-state index in [9.17, 15) is 20.1 Å². The fourth-order valence-electron chi connectivity index (χ4n) is 4.82. The van der Waals surface area contributed by atoms with E-state index in [4.69, 9.17) is 9.47 Å². The van der Waals surface area contributed by atoms with Crippen LogP contribution in [0.1, 0.15) is 92.9 Å². The average molecular weight is 509 g/mol. The van der Waals surface area contributed by atoms with Gasteiger partial charge in [0.2, 0.25) is 0 Å². The van der Waals surface area contributed by atoms with Gasteiger partial charge in [-0.15, -0.1) is 0 Å². The highest BCUT2D eigenvalue weighted by molar-refractivity contribution is 5.70. The standard InChI is InChI=1S/C30H52O6/c1-8-27(35-7)22(3)13-10-16-26(32)21(2)12-9-14-23(4)29-24(5)15-11-18-30(6,34)19-17-25(31)20-28(33)36-29/h9,11-12,14-15,21-22,24-27,29,31-32,34H,8,10,13,16-20H2,1-7H3. The number of aliphatic hydroxyl groups excluding tert-OH is 2. The maximum Gasteiger partial charge on any atom is 0.309 e. The molecule has 3 N–H and O–H groups in total. The van der Waals surface area contributed by atoms with Crippen molar-refractivity contribution >= 4 is 5.97 Å². The molecule has 0 aliphatic carbocycles. The van der Waals surface area contributed by atoms with E-state index >= 15 is 0 Å². The summed E-state index contributed by atoms with van der Waals surface area (Å²) in [6.45, 7) is 12.0. The predicted octanol–water partition coefficient (Wildman–Crippen LogP) is 5.51. The van der Waals surface area contributed by atoms with Crippen molar-refractivity contribution in [2.45, 2.75) is 123 Å². The van der Waals surface area contributed by atoms with Crippen molar-refractivity contribution in [2.24, 2.45) is 17.8 Å². The molecule has 0 aromatic carbocycles. The average Bonchev–Trinajstić information content (AvgIpc) is 2.81. The van der Waals surface area contributed by atoms with Crippen LogP contribution in [-0.4, -0.2) is 58.4 Å². The van der Waals surface area contributed by atoms with Gasteiger partial charge < -0.3 is 24.8 Å². The van der Waals surface area contributed by atoms with Crippen LogP contribution in [0, 0.1) is 17.8 Å². The largest absolute Gasteiger partial charge is 0.457 e. The van der Waals surface area contributed by atoms with E-state index in [2.05, 4.69) is 13.8 Å². The van der Waals surface area contributed by atoms with E-state index in [0.717, 1.165) is 31.3 Å². The third-order valence-corrected chi connectivity index (χ3v) is 7.48. The van der Waals surface area contributed by atoms with Gasteiger partial charge in [-0.3, -0.25) is 4.79 Å². The van der Waals surface area contributed by atoms with Crippen molar-refractivity contribution in [2.75, 3.05) is 7.11 Å². The van der Waals surface area contributed by atoms with Crippen molar-refractivity contribution in [3.63, 3.8) is 0 Å². The number of aliphatic hydroxyl groups is 3. The molecular formula is C30H52O6. The van der Waals surface area contributed by atoms with Crippen LogP contribution < -0.4 is 0 Å². The smallest absolute Gasteiger partial charge is 0.309 e. The van der Waals surface area contributed by atoms with Gasteiger partial charge in [0.25, 0.3) is 0 Å². The highest BCUT2D eigenvalue weighted by atomic mass is 16.5. The Bertz CT molecular complexity index is 721. The van der Waals surface area contributed by atoms with Crippen molar-refractivity contribution < 1.29 is 29.6 Å². The zero-order valence-electron chi connectivity index (χ0n) is 23.7. The minimum Gasteiger partial charge on any atom is -0.457 e. The third-order valence-electron chi connectivity index (χ3n) is 7.48. The van der Waals surface area contributed by atoms with Gasteiger partial charge in [0.1, 0.15) is 6.10 Å². The quantitative estimate of drug-likeness (QED) is 0.194. The highest BCUT2D eigenvalue weighted by Crippen LogP contribution is 2.25. The SMILES string of the molecule is CCC(OC)C(C)CCCC(O)C(C)C=CC=C(C)C1OC(=O)CC(O)CCC(C)(O)CC=CC1C. The number of ether oxygens (including phenoxy) is 2. The first-order valence-electron chi connectivity index (χ1n) is 13.7. The lowest BCUT2D eigenvalue weighted by Gasteiger charge is -2.27. The molecule has 0 bridgehead atoms. The maximum absolute atomic E-state index is 12.5. The first kappa shape index (κ1) is 32.6. The summed E-state index contributed by atoms with van der Waals surface area (Å²) >= 11 is 0. The molecule has 0 amide bonds. The topological polar surface area (TPSA) is 96.2 Å². The molecule has 36 heavy (non-hydrogen) atoms. The minimum absolute atomic E-state index is 0.00214. The summed E-state index contributed by atoms with van der Waals surface area (Å²) in [5, 5.41) is 31.3. The summed E-state index contributed by atoms with van der Waals surface area (Å²) < 4.78 is 11.3. The van der Waals surface area contributed by atoms with Gasteiger partial charge in [0.15, 0.2) is 0 Å². The lowest BCUT2D eigenvalue weighted by Crippen LogP contribution is -2.30. The molecular weight excluding hydrogens is 456 g/mol. The fourth-order valence-corrected chi connectivity index (χ4v) is 4.82. The third kappa shape index (κ3) is 12.2. The van der Waals surface area contributed by atoms with Crippen molar-refractivity contribution in [3.8, 4) is 0 Å². The van der Waals surface area contributed by atoms with Crippen LogP contribution in [0.2, 0.25) is 0 Å². The van der Waals surface area contributed by atoms with Crippen LogP contribution in [-0.2, 0) is 14.3 Å². The van der Waals surface area contributed by atoms with E-state index in [-0.39, 0.29) is 24.4 Å². The molecule has 6 nitrogen and oxygen atoms in total. The van der Waals surface area contributed by atoms with Gasteiger partial charge in [-0.05, 0) is 63.9 Å². The highest BCUT2D eigenvalue weighted by Gasteiger charge is 2.26. The Morgan fingerprint density at radius 3 is 2.67 bits per heavy atom. The summed E-state index contributed by atoms with van der Waals surface area (Å²) in [6.07, 6.45) is 13.2. The van der Waals surface area contributed by atoms with Crippen LogP contribution >= 0.6 is 0 Å².